The van der Waals surface area contributed by atoms with Crippen LogP contribution in [-0.4, -0.2) is 37.7 Å². The molecule has 23 heavy (non-hydrogen) atoms. The molecule has 8 heteroatoms. The summed E-state index contributed by atoms with van der Waals surface area (Å²) < 4.78 is 24.9. The maximum Gasteiger partial charge on any atom is 0.317 e. The molecule has 2 heterocycles. The standard InChI is InChI=1S/C15H15ClN2O3S2/c16-11-3-5-13(6-4-11)23(20,21)14-9-18(10-14)15(19)17-8-12-2-1-7-22-12/h1-7,14H,8-10H2,(H,17,19). The van der Waals surface area contributed by atoms with Crippen LogP contribution in [0, 0.1) is 0 Å². The van der Waals surface area contributed by atoms with Gasteiger partial charge in [0, 0.05) is 23.0 Å². The van der Waals surface area contributed by atoms with Gasteiger partial charge < -0.3 is 10.2 Å². The molecule has 0 saturated carbocycles. The molecular weight excluding hydrogens is 356 g/mol. The fraction of sp³-hybridized carbons (Fsp3) is 0.267. The van der Waals surface area contributed by atoms with Crippen LogP contribution in [0.3, 0.4) is 0 Å². The molecule has 1 aromatic heterocycles. The number of amides is 2. The molecule has 5 nitrogen and oxygen atoms in total. The van der Waals surface area contributed by atoms with Crippen LogP contribution >= 0.6 is 22.9 Å². The number of likely N-dealkylation sites (tertiary alicyclic amines) is 1. The molecule has 2 aromatic rings. The van der Waals surface area contributed by atoms with E-state index in [1.54, 1.807) is 23.5 Å². The molecule has 1 saturated heterocycles. The van der Waals surface area contributed by atoms with Crippen LogP contribution in [0.1, 0.15) is 4.88 Å². The summed E-state index contributed by atoms with van der Waals surface area (Å²) in [4.78, 5) is 14.8. The van der Waals surface area contributed by atoms with Crippen LogP contribution in [0.2, 0.25) is 5.02 Å². The molecule has 0 atom stereocenters. The maximum atomic E-state index is 12.4. The number of benzene rings is 1. The quantitative estimate of drug-likeness (QED) is 0.899. The van der Waals surface area contributed by atoms with E-state index >= 15 is 0 Å². The summed E-state index contributed by atoms with van der Waals surface area (Å²) in [5.41, 5.74) is 0. The van der Waals surface area contributed by atoms with Crippen LogP contribution in [0.4, 0.5) is 4.79 Å². The van der Waals surface area contributed by atoms with Crippen molar-refractivity contribution in [3.63, 3.8) is 0 Å². The molecule has 1 N–H and O–H groups in total. The number of halogens is 1. The molecule has 0 radical (unpaired) electrons. The van der Waals surface area contributed by atoms with E-state index in [-0.39, 0.29) is 24.0 Å². The second-order valence-corrected chi connectivity index (χ2v) is 8.96. The number of sulfone groups is 1. The average molecular weight is 371 g/mol. The van der Waals surface area contributed by atoms with Gasteiger partial charge in [0.2, 0.25) is 0 Å². The third-order valence-electron chi connectivity index (χ3n) is 3.71. The van der Waals surface area contributed by atoms with Crippen molar-refractivity contribution in [2.75, 3.05) is 13.1 Å². The number of carbonyl (C=O) groups is 1. The second kappa shape index (κ2) is 6.51. The number of hydrogen-bond donors (Lipinski definition) is 1. The summed E-state index contributed by atoms with van der Waals surface area (Å²) in [6.07, 6.45) is 0. The fourth-order valence-corrected chi connectivity index (χ4v) is 4.73. The largest absolute Gasteiger partial charge is 0.333 e. The summed E-state index contributed by atoms with van der Waals surface area (Å²) in [5.74, 6) is 0. The molecule has 1 aromatic carbocycles. The summed E-state index contributed by atoms with van der Waals surface area (Å²) in [6, 6.07) is 9.73. The Kier molecular flexibility index (Phi) is 4.61. The van der Waals surface area contributed by atoms with Gasteiger partial charge in [-0.3, -0.25) is 0 Å². The Hall–Kier alpha value is -1.57. The van der Waals surface area contributed by atoms with Crippen molar-refractivity contribution >= 4 is 38.8 Å². The van der Waals surface area contributed by atoms with Gasteiger partial charge in [-0.15, -0.1) is 11.3 Å². The van der Waals surface area contributed by atoms with E-state index in [0.29, 0.717) is 11.6 Å². The first-order valence-corrected chi connectivity index (χ1v) is 9.82. The van der Waals surface area contributed by atoms with Crippen LogP contribution in [-0.2, 0) is 16.4 Å². The highest BCUT2D eigenvalue weighted by molar-refractivity contribution is 7.92. The van der Waals surface area contributed by atoms with Crippen LogP contribution in [0.25, 0.3) is 0 Å². The zero-order valence-electron chi connectivity index (χ0n) is 12.1. The molecule has 0 spiro atoms. The van der Waals surface area contributed by atoms with Crippen molar-refractivity contribution in [3.05, 3.63) is 51.7 Å². The van der Waals surface area contributed by atoms with Crippen LogP contribution in [0.5, 0.6) is 0 Å². The lowest BCUT2D eigenvalue weighted by Gasteiger charge is -2.38. The Morgan fingerprint density at radius 2 is 1.96 bits per heavy atom. The molecule has 0 unspecified atom stereocenters. The smallest absolute Gasteiger partial charge is 0.317 e. The van der Waals surface area contributed by atoms with Crippen molar-refractivity contribution in [3.8, 4) is 0 Å². The summed E-state index contributed by atoms with van der Waals surface area (Å²) in [6.45, 7) is 0.879. The van der Waals surface area contributed by atoms with Crippen molar-refractivity contribution in [2.45, 2.75) is 16.7 Å². The predicted molar refractivity (Wildman–Crippen MR) is 90.6 cm³/mol. The number of nitrogens with one attached hydrogen (secondary N) is 1. The first-order chi connectivity index (χ1) is 11.0. The highest BCUT2D eigenvalue weighted by Gasteiger charge is 2.40. The lowest BCUT2D eigenvalue weighted by molar-refractivity contribution is 0.169. The molecule has 122 valence electrons. The minimum Gasteiger partial charge on any atom is -0.333 e. The number of carbonyl (C=O) groups excluding carboxylic acids is 1. The molecule has 2 amide bonds. The van der Waals surface area contributed by atoms with E-state index in [0.717, 1.165) is 4.88 Å². The van der Waals surface area contributed by atoms with E-state index in [1.807, 2.05) is 17.5 Å². The Bertz CT molecular complexity index is 783. The topological polar surface area (TPSA) is 66.5 Å². The monoisotopic (exact) mass is 370 g/mol. The fourth-order valence-electron chi connectivity index (χ4n) is 2.30. The van der Waals surface area contributed by atoms with Gasteiger partial charge in [-0.1, -0.05) is 17.7 Å². The highest BCUT2D eigenvalue weighted by atomic mass is 35.5. The van der Waals surface area contributed by atoms with E-state index < -0.39 is 15.1 Å². The predicted octanol–water partition coefficient (Wildman–Crippen LogP) is 2.77. The first-order valence-electron chi connectivity index (χ1n) is 7.01. The van der Waals surface area contributed by atoms with E-state index in [1.165, 1.54) is 17.0 Å². The Labute approximate surface area is 143 Å². The highest BCUT2D eigenvalue weighted by Crippen LogP contribution is 2.25. The molecule has 0 aliphatic carbocycles. The molecule has 3 rings (SSSR count). The lowest BCUT2D eigenvalue weighted by atomic mass is 10.2. The molecule has 0 bridgehead atoms. The number of nitrogens with zero attached hydrogens (tertiary/aromatic N) is 1. The van der Waals surface area contributed by atoms with Crippen molar-refractivity contribution in [1.29, 1.82) is 0 Å². The normalized spacial score (nSPS) is 15.3. The van der Waals surface area contributed by atoms with Gasteiger partial charge in [0.15, 0.2) is 9.84 Å². The van der Waals surface area contributed by atoms with E-state index in [4.69, 9.17) is 11.6 Å². The summed E-state index contributed by atoms with van der Waals surface area (Å²) in [5, 5.41) is 4.67. The molecule has 1 fully saturated rings. The third-order valence-corrected chi connectivity index (χ3v) is 6.94. The van der Waals surface area contributed by atoms with Crippen molar-refractivity contribution in [2.24, 2.45) is 0 Å². The Balaban J connectivity index is 1.55. The summed E-state index contributed by atoms with van der Waals surface area (Å²) in [7, 11) is -3.42. The van der Waals surface area contributed by atoms with Gasteiger partial charge >= 0.3 is 6.03 Å². The van der Waals surface area contributed by atoms with Gasteiger partial charge in [-0.25, -0.2) is 13.2 Å². The minimum atomic E-state index is -3.42. The van der Waals surface area contributed by atoms with Gasteiger partial charge in [-0.05, 0) is 35.7 Å². The Morgan fingerprint density at radius 3 is 2.57 bits per heavy atom. The zero-order chi connectivity index (χ0) is 16.4. The number of thiophene rings is 1. The lowest BCUT2D eigenvalue weighted by Crippen LogP contribution is -2.59. The summed E-state index contributed by atoms with van der Waals surface area (Å²) >= 11 is 7.34. The Morgan fingerprint density at radius 1 is 1.26 bits per heavy atom. The van der Waals surface area contributed by atoms with E-state index in [2.05, 4.69) is 5.32 Å². The number of hydrogen-bond acceptors (Lipinski definition) is 4. The average Bonchev–Trinajstić information content (AvgIpc) is 2.97. The zero-order valence-corrected chi connectivity index (χ0v) is 14.5. The minimum absolute atomic E-state index is 0.210. The second-order valence-electron chi connectivity index (χ2n) is 5.26. The van der Waals surface area contributed by atoms with Gasteiger partial charge in [0.25, 0.3) is 0 Å². The van der Waals surface area contributed by atoms with Crippen molar-refractivity contribution < 1.29 is 13.2 Å². The van der Waals surface area contributed by atoms with Crippen LogP contribution < -0.4 is 5.32 Å². The van der Waals surface area contributed by atoms with Crippen LogP contribution in [0.15, 0.2) is 46.7 Å². The molecule has 1 aliphatic heterocycles. The SMILES string of the molecule is O=C(NCc1cccs1)N1CC(S(=O)(=O)c2ccc(Cl)cc2)C1. The van der Waals surface area contributed by atoms with Crippen molar-refractivity contribution in [1.82, 2.24) is 10.2 Å². The molecule has 1 aliphatic rings. The third kappa shape index (κ3) is 3.52. The van der Waals surface area contributed by atoms with E-state index in [9.17, 15) is 13.2 Å². The number of rotatable bonds is 4. The van der Waals surface area contributed by atoms with Gasteiger partial charge in [-0.2, -0.15) is 0 Å². The van der Waals surface area contributed by atoms with Gasteiger partial charge in [0.1, 0.15) is 5.25 Å². The van der Waals surface area contributed by atoms with Gasteiger partial charge in [0.05, 0.1) is 11.4 Å². The maximum absolute atomic E-state index is 12.4. The first kappa shape index (κ1) is 16.3. The molecular formula is C15H15ClN2O3S2. The number of urea groups is 1.